The van der Waals surface area contributed by atoms with Gasteiger partial charge in [-0.25, -0.2) is 9.97 Å². The van der Waals surface area contributed by atoms with Crippen molar-refractivity contribution in [2.75, 3.05) is 29.6 Å². The van der Waals surface area contributed by atoms with Crippen LogP contribution in [0, 0.1) is 5.92 Å². The van der Waals surface area contributed by atoms with Crippen LogP contribution >= 0.6 is 11.8 Å². The molecule has 1 N–H and O–H groups in total. The highest BCUT2D eigenvalue weighted by molar-refractivity contribution is 7.98. The lowest BCUT2D eigenvalue weighted by atomic mass is 10.1. The highest BCUT2D eigenvalue weighted by Gasteiger charge is 2.38. The van der Waals surface area contributed by atoms with Crippen LogP contribution < -0.4 is 10.2 Å². The molecule has 0 aromatic carbocycles. The summed E-state index contributed by atoms with van der Waals surface area (Å²) in [6.07, 6.45) is 6.13. The molecule has 98 valence electrons. The Morgan fingerprint density at radius 3 is 2.94 bits per heavy atom. The van der Waals surface area contributed by atoms with Crippen LogP contribution in [-0.4, -0.2) is 35.4 Å². The summed E-state index contributed by atoms with van der Waals surface area (Å²) in [5.41, 5.74) is 0. The van der Waals surface area contributed by atoms with Gasteiger partial charge in [0.1, 0.15) is 11.6 Å². The van der Waals surface area contributed by atoms with E-state index in [1.54, 1.807) is 11.8 Å². The molecule has 2 unspecified atom stereocenters. The summed E-state index contributed by atoms with van der Waals surface area (Å²) in [7, 11) is 0. The fourth-order valence-electron chi connectivity index (χ4n) is 3.13. The van der Waals surface area contributed by atoms with Gasteiger partial charge in [0.15, 0.2) is 5.16 Å². The van der Waals surface area contributed by atoms with Crippen LogP contribution in [0.15, 0.2) is 11.2 Å². The second-order valence-corrected chi connectivity index (χ2v) is 5.89. The fourth-order valence-corrected chi connectivity index (χ4v) is 3.50. The molecule has 0 radical (unpaired) electrons. The predicted molar refractivity (Wildman–Crippen MR) is 76.5 cm³/mol. The molecule has 1 aromatic rings. The SMILES string of the molecule is CCNc1cc(N2CC3CCC2C3)nc(SC)n1. The van der Waals surface area contributed by atoms with Crippen molar-refractivity contribution in [3.63, 3.8) is 0 Å². The zero-order chi connectivity index (χ0) is 12.5. The van der Waals surface area contributed by atoms with Gasteiger partial charge in [-0.1, -0.05) is 11.8 Å². The third-order valence-electron chi connectivity index (χ3n) is 3.94. The number of anilines is 2. The van der Waals surface area contributed by atoms with Gasteiger partial charge in [-0.3, -0.25) is 0 Å². The molecule has 4 nitrogen and oxygen atoms in total. The molecular weight excluding hydrogens is 244 g/mol. The Balaban J connectivity index is 1.88. The van der Waals surface area contributed by atoms with E-state index in [4.69, 9.17) is 0 Å². The lowest BCUT2D eigenvalue weighted by Gasteiger charge is -2.28. The van der Waals surface area contributed by atoms with Crippen molar-refractivity contribution in [1.29, 1.82) is 0 Å². The van der Waals surface area contributed by atoms with E-state index >= 15 is 0 Å². The van der Waals surface area contributed by atoms with Crippen LogP contribution in [0.5, 0.6) is 0 Å². The van der Waals surface area contributed by atoms with Crippen molar-refractivity contribution < 1.29 is 0 Å². The van der Waals surface area contributed by atoms with E-state index in [-0.39, 0.29) is 0 Å². The number of aromatic nitrogens is 2. The molecule has 0 spiro atoms. The molecule has 2 atom stereocenters. The largest absolute Gasteiger partial charge is 0.370 e. The first-order valence-corrected chi connectivity index (χ1v) is 7.96. The zero-order valence-corrected chi connectivity index (χ0v) is 11.8. The standard InChI is InChI=1S/C13H20N4S/c1-3-14-11-7-12(16-13(15-11)18-2)17-8-9-4-5-10(17)6-9/h7,9-10H,3-6,8H2,1-2H3,(H,14,15,16). The minimum atomic E-state index is 0.717. The average Bonchev–Trinajstić information content (AvgIpc) is 3.01. The van der Waals surface area contributed by atoms with Gasteiger partial charge >= 0.3 is 0 Å². The number of nitrogens with one attached hydrogen (secondary N) is 1. The third kappa shape index (κ3) is 2.16. The van der Waals surface area contributed by atoms with E-state index in [9.17, 15) is 0 Å². The Morgan fingerprint density at radius 1 is 1.44 bits per heavy atom. The van der Waals surface area contributed by atoms with E-state index in [2.05, 4.69) is 33.2 Å². The minimum Gasteiger partial charge on any atom is -0.370 e. The molecule has 2 fully saturated rings. The lowest BCUT2D eigenvalue weighted by Crippen LogP contribution is -2.32. The van der Waals surface area contributed by atoms with Crippen LogP contribution in [0.2, 0.25) is 0 Å². The van der Waals surface area contributed by atoms with E-state index in [1.165, 1.54) is 25.8 Å². The third-order valence-corrected chi connectivity index (χ3v) is 4.48. The van der Waals surface area contributed by atoms with Gasteiger partial charge in [0, 0.05) is 25.2 Å². The Labute approximate surface area is 113 Å². The van der Waals surface area contributed by atoms with Gasteiger partial charge < -0.3 is 10.2 Å². The molecule has 2 aliphatic rings. The second-order valence-electron chi connectivity index (χ2n) is 5.11. The van der Waals surface area contributed by atoms with Crippen molar-refractivity contribution in [2.24, 2.45) is 5.92 Å². The van der Waals surface area contributed by atoms with Crippen molar-refractivity contribution in [3.8, 4) is 0 Å². The number of nitrogens with zero attached hydrogens (tertiary/aromatic N) is 3. The Hall–Kier alpha value is -0.970. The molecule has 1 aromatic heterocycles. The average molecular weight is 264 g/mol. The first-order chi connectivity index (χ1) is 8.80. The van der Waals surface area contributed by atoms with Gasteiger partial charge in [-0.05, 0) is 38.4 Å². The van der Waals surface area contributed by atoms with E-state index in [0.29, 0.717) is 6.04 Å². The maximum absolute atomic E-state index is 4.67. The van der Waals surface area contributed by atoms with Crippen LogP contribution in [0.25, 0.3) is 0 Å². The maximum atomic E-state index is 4.67. The van der Waals surface area contributed by atoms with Crippen molar-refractivity contribution in [3.05, 3.63) is 6.07 Å². The number of hydrogen-bond acceptors (Lipinski definition) is 5. The molecule has 18 heavy (non-hydrogen) atoms. The minimum absolute atomic E-state index is 0.717. The molecule has 2 heterocycles. The number of rotatable bonds is 4. The van der Waals surface area contributed by atoms with Crippen molar-refractivity contribution in [2.45, 2.75) is 37.4 Å². The first-order valence-electron chi connectivity index (χ1n) is 6.73. The van der Waals surface area contributed by atoms with Gasteiger partial charge in [0.2, 0.25) is 0 Å². The topological polar surface area (TPSA) is 41.0 Å². The van der Waals surface area contributed by atoms with Crippen LogP contribution in [0.3, 0.4) is 0 Å². The van der Waals surface area contributed by atoms with Crippen LogP contribution in [0.4, 0.5) is 11.6 Å². The van der Waals surface area contributed by atoms with Gasteiger partial charge in [-0.15, -0.1) is 0 Å². The molecule has 3 rings (SSSR count). The fraction of sp³-hybridized carbons (Fsp3) is 0.692. The van der Waals surface area contributed by atoms with E-state index in [0.717, 1.165) is 29.3 Å². The molecule has 1 saturated heterocycles. The Morgan fingerprint density at radius 2 is 2.33 bits per heavy atom. The normalized spacial score (nSPS) is 25.8. The summed E-state index contributed by atoms with van der Waals surface area (Å²) in [4.78, 5) is 11.6. The molecule has 1 aliphatic carbocycles. The monoisotopic (exact) mass is 264 g/mol. The molecule has 1 aliphatic heterocycles. The van der Waals surface area contributed by atoms with E-state index < -0.39 is 0 Å². The molecular formula is C13H20N4S. The number of piperidine rings is 1. The van der Waals surface area contributed by atoms with Crippen molar-refractivity contribution in [1.82, 2.24) is 9.97 Å². The number of thioether (sulfide) groups is 1. The summed E-state index contributed by atoms with van der Waals surface area (Å²) >= 11 is 1.61. The van der Waals surface area contributed by atoms with Crippen LogP contribution in [-0.2, 0) is 0 Å². The predicted octanol–water partition coefficient (Wildman–Crippen LogP) is 2.62. The molecule has 5 heteroatoms. The quantitative estimate of drug-likeness (QED) is 0.669. The summed E-state index contributed by atoms with van der Waals surface area (Å²) in [5.74, 6) is 2.96. The highest BCUT2D eigenvalue weighted by Crippen LogP contribution is 2.40. The number of hydrogen-bond donors (Lipinski definition) is 1. The zero-order valence-electron chi connectivity index (χ0n) is 11.0. The summed E-state index contributed by atoms with van der Waals surface area (Å²) in [5, 5.41) is 4.17. The smallest absolute Gasteiger partial charge is 0.191 e. The summed E-state index contributed by atoms with van der Waals surface area (Å²) in [6.45, 7) is 4.18. The molecule has 2 bridgehead atoms. The summed E-state index contributed by atoms with van der Waals surface area (Å²) in [6, 6.07) is 2.82. The number of fused-ring (bicyclic) bond motifs is 2. The Kier molecular flexibility index (Phi) is 3.33. The second kappa shape index (κ2) is 4.96. The van der Waals surface area contributed by atoms with Gasteiger partial charge in [0.25, 0.3) is 0 Å². The maximum Gasteiger partial charge on any atom is 0.191 e. The van der Waals surface area contributed by atoms with Crippen molar-refractivity contribution >= 4 is 23.4 Å². The van der Waals surface area contributed by atoms with E-state index in [1.807, 2.05) is 6.26 Å². The highest BCUT2D eigenvalue weighted by atomic mass is 32.2. The lowest BCUT2D eigenvalue weighted by molar-refractivity contribution is 0.549. The Bertz CT molecular complexity index is 437. The first kappa shape index (κ1) is 12.1. The van der Waals surface area contributed by atoms with Gasteiger partial charge in [-0.2, -0.15) is 0 Å². The molecule has 0 amide bonds. The summed E-state index contributed by atoms with van der Waals surface area (Å²) < 4.78 is 0. The molecule has 1 saturated carbocycles. The van der Waals surface area contributed by atoms with Gasteiger partial charge in [0.05, 0.1) is 0 Å². The van der Waals surface area contributed by atoms with Crippen LogP contribution in [0.1, 0.15) is 26.2 Å².